The first-order chi connectivity index (χ1) is 11.2. The summed E-state index contributed by atoms with van der Waals surface area (Å²) in [6, 6.07) is 9.80. The molecular formula is C15H14N6OS. The number of nitrogens with zero attached hydrogens (tertiary/aromatic N) is 5. The van der Waals surface area contributed by atoms with Gasteiger partial charge in [-0.2, -0.15) is 5.26 Å². The predicted octanol–water partition coefficient (Wildman–Crippen LogP) is 1.68. The molecule has 0 aliphatic rings. The third-order valence-corrected chi connectivity index (χ3v) is 4.55. The van der Waals surface area contributed by atoms with Crippen molar-refractivity contribution in [3.8, 4) is 6.07 Å². The first-order valence-corrected chi connectivity index (χ1v) is 7.89. The number of aromatic nitrogens is 4. The molecule has 0 fully saturated rings. The molecule has 23 heavy (non-hydrogen) atoms. The second-order valence-electron chi connectivity index (χ2n) is 5.10. The highest BCUT2D eigenvalue weighted by Gasteiger charge is 2.13. The van der Waals surface area contributed by atoms with Crippen molar-refractivity contribution in [3.05, 3.63) is 41.4 Å². The highest BCUT2D eigenvalue weighted by atomic mass is 32.1. The second-order valence-corrected chi connectivity index (χ2v) is 6.16. The summed E-state index contributed by atoms with van der Waals surface area (Å²) in [5, 5.41) is 16.4. The zero-order chi connectivity index (χ0) is 16.2. The van der Waals surface area contributed by atoms with Crippen molar-refractivity contribution < 1.29 is 4.79 Å². The van der Waals surface area contributed by atoms with E-state index in [4.69, 9.17) is 5.26 Å². The van der Waals surface area contributed by atoms with Gasteiger partial charge in [0.05, 0.1) is 15.2 Å². The molecule has 3 rings (SSSR count). The number of thiazole rings is 1. The quantitative estimate of drug-likeness (QED) is 0.769. The normalized spacial score (nSPS) is 12.0. The molecule has 0 radical (unpaired) electrons. The number of nitriles is 1. The largest absolute Gasteiger partial charge is 0.354 e. The Kier molecular flexibility index (Phi) is 4.30. The van der Waals surface area contributed by atoms with E-state index in [2.05, 4.69) is 20.4 Å². The standard InChI is InChI=1S/C15H14N6OS/c1-10(15-19-11-4-2-3-5-12(11)23-15)7-17-14(22)8-21-9-18-13(6-16)20-21/h2-5,9-10H,7-8H2,1H3,(H,17,22). The van der Waals surface area contributed by atoms with Crippen LogP contribution in [0.3, 0.4) is 0 Å². The summed E-state index contributed by atoms with van der Waals surface area (Å²) in [4.78, 5) is 20.3. The number of carbonyl (C=O) groups excluding carboxylic acids is 1. The molecule has 1 unspecified atom stereocenters. The number of hydrogen-bond donors (Lipinski definition) is 1. The number of carbonyl (C=O) groups is 1. The van der Waals surface area contributed by atoms with Crippen LogP contribution in [0.25, 0.3) is 10.2 Å². The molecule has 1 amide bonds. The lowest BCUT2D eigenvalue weighted by Crippen LogP contribution is -2.30. The van der Waals surface area contributed by atoms with E-state index in [1.807, 2.05) is 37.3 Å². The number of nitrogens with one attached hydrogen (secondary N) is 1. The third kappa shape index (κ3) is 3.52. The summed E-state index contributed by atoms with van der Waals surface area (Å²) in [5.74, 6) is 0.00904. The van der Waals surface area contributed by atoms with Gasteiger partial charge >= 0.3 is 0 Å². The number of hydrogen-bond acceptors (Lipinski definition) is 6. The van der Waals surface area contributed by atoms with Gasteiger partial charge in [-0.05, 0) is 12.1 Å². The molecule has 0 aliphatic carbocycles. The molecule has 3 aromatic rings. The van der Waals surface area contributed by atoms with Gasteiger partial charge in [0.15, 0.2) is 0 Å². The van der Waals surface area contributed by atoms with Gasteiger partial charge in [-0.15, -0.1) is 16.4 Å². The Morgan fingerprint density at radius 3 is 3.04 bits per heavy atom. The maximum atomic E-state index is 11.9. The van der Waals surface area contributed by atoms with Crippen LogP contribution < -0.4 is 5.32 Å². The molecule has 2 aromatic heterocycles. The Labute approximate surface area is 136 Å². The first kappa shape index (κ1) is 15.1. The van der Waals surface area contributed by atoms with Crippen molar-refractivity contribution in [1.29, 1.82) is 5.26 Å². The van der Waals surface area contributed by atoms with Gasteiger partial charge in [-0.1, -0.05) is 19.1 Å². The van der Waals surface area contributed by atoms with E-state index in [0.29, 0.717) is 6.54 Å². The fourth-order valence-corrected chi connectivity index (χ4v) is 3.10. The molecule has 0 spiro atoms. The zero-order valence-electron chi connectivity index (χ0n) is 12.4. The molecule has 0 saturated heterocycles. The van der Waals surface area contributed by atoms with E-state index < -0.39 is 0 Å². The lowest BCUT2D eigenvalue weighted by atomic mass is 10.2. The van der Waals surface area contributed by atoms with Gasteiger partial charge in [0.25, 0.3) is 5.82 Å². The minimum atomic E-state index is -0.174. The summed E-state index contributed by atoms with van der Waals surface area (Å²) >= 11 is 1.64. The highest BCUT2D eigenvalue weighted by molar-refractivity contribution is 7.18. The van der Waals surface area contributed by atoms with Gasteiger partial charge in [-0.25, -0.2) is 14.6 Å². The topological polar surface area (TPSA) is 96.5 Å². The Morgan fingerprint density at radius 2 is 2.30 bits per heavy atom. The molecule has 1 aromatic carbocycles. The van der Waals surface area contributed by atoms with Crippen LogP contribution in [0, 0.1) is 11.3 Å². The minimum Gasteiger partial charge on any atom is -0.354 e. The summed E-state index contributed by atoms with van der Waals surface area (Å²) in [5.41, 5.74) is 0.984. The number of rotatable bonds is 5. The Morgan fingerprint density at radius 1 is 1.48 bits per heavy atom. The molecule has 0 bridgehead atoms. The Hall–Kier alpha value is -2.79. The van der Waals surface area contributed by atoms with Crippen molar-refractivity contribution in [2.24, 2.45) is 0 Å². The maximum Gasteiger partial charge on any atom is 0.252 e. The number of para-hydroxylation sites is 1. The molecule has 116 valence electrons. The number of amides is 1. The molecule has 8 heteroatoms. The zero-order valence-corrected chi connectivity index (χ0v) is 13.2. The molecule has 0 aliphatic heterocycles. The lowest BCUT2D eigenvalue weighted by molar-refractivity contribution is -0.121. The smallest absolute Gasteiger partial charge is 0.252 e. The van der Waals surface area contributed by atoms with Crippen molar-refractivity contribution in [1.82, 2.24) is 25.1 Å². The van der Waals surface area contributed by atoms with E-state index in [1.165, 1.54) is 11.0 Å². The van der Waals surface area contributed by atoms with Crippen LogP contribution in [-0.2, 0) is 11.3 Å². The average Bonchev–Trinajstić information content (AvgIpc) is 3.18. The van der Waals surface area contributed by atoms with Crippen LogP contribution in [0.4, 0.5) is 0 Å². The fourth-order valence-electron chi connectivity index (χ4n) is 2.08. The van der Waals surface area contributed by atoms with Crippen LogP contribution in [0.2, 0.25) is 0 Å². The molecule has 1 N–H and O–H groups in total. The van der Waals surface area contributed by atoms with Crippen molar-refractivity contribution in [3.63, 3.8) is 0 Å². The van der Waals surface area contributed by atoms with Crippen molar-refractivity contribution in [2.45, 2.75) is 19.4 Å². The van der Waals surface area contributed by atoms with Crippen molar-refractivity contribution >= 4 is 27.5 Å². The summed E-state index contributed by atoms with van der Waals surface area (Å²) in [6.45, 7) is 2.57. The van der Waals surface area contributed by atoms with Gasteiger partial charge in [0.2, 0.25) is 5.91 Å². The van der Waals surface area contributed by atoms with E-state index in [9.17, 15) is 4.79 Å². The van der Waals surface area contributed by atoms with Crippen LogP contribution >= 0.6 is 11.3 Å². The van der Waals surface area contributed by atoms with Crippen LogP contribution in [-0.4, -0.2) is 32.2 Å². The molecule has 7 nitrogen and oxygen atoms in total. The minimum absolute atomic E-state index is 0.0429. The number of fused-ring (bicyclic) bond motifs is 1. The first-order valence-electron chi connectivity index (χ1n) is 7.07. The molecule has 0 saturated carbocycles. The van der Waals surface area contributed by atoms with Crippen LogP contribution in [0.5, 0.6) is 0 Å². The lowest BCUT2D eigenvalue weighted by Gasteiger charge is -2.09. The SMILES string of the molecule is CC(CNC(=O)Cn1cnc(C#N)n1)c1nc2ccccc2s1. The van der Waals surface area contributed by atoms with Gasteiger partial charge in [-0.3, -0.25) is 4.79 Å². The Balaban J connectivity index is 1.56. The number of benzene rings is 1. The summed E-state index contributed by atoms with van der Waals surface area (Å²) in [7, 11) is 0. The van der Waals surface area contributed by atoms with E-state index >= 15 is 0 Å². The molecule has 2 heterocycles. The van der Waals surface area contributed by atoms with E-state index in [0.717, 1.165) is 15.2 Å². The van der Waals surface area contributed by atoms with E-state index in [1.54, 1.807) is 11.3 Å². The summed E-state index contributed by atoms with van der Waals surface area (Å²) < 4.78 is 2.49. The fraction of sp³-hybridized carbons (Fsp3) is 0.267. The van der Waals surface area contributed by atoms with Crippen molar-refractivity contribution in [2.75, 3.05) is 6.54 Å². The van der Waals surface area contributed by atoms with Gasteiger partial charge in [0, 0.05) is 12.5 Å². The maximum absolute atomic E-state index is 11.9. The van der Waals surface area contributed by atoms with Crippen LogP contribution in [0.1, 0.15) is 23.7 Å². The van der Waals surface area contributed by atoms with Gasteiger partial charge in [0.1, 0.15) is 18.9 Å². The molecular weight excluding hydrogens is 312 g/mol. The monoisotopic (exact) mass is 326 g/mol. The van der Waals surface area contributed by atoms with Gasteiger partial charge < -0.3 is 5.32 Å². The Bertz CT molecular complexity index is 844. The third-order valence-electron chi connectivity index (χ3n) is 3.28. The molecule has 1 atom stereocenters. The van der Waals surface area contributed by atoms with Crippen LogP contribution in [0.15, 0.2) is 30.6 Å². The van der Waals surface area contributed by atoms with E-state index in [-0.39, 0.29) is 24.2 Å². The second kappa shape index (κ2) is 6.54. The predicted molar refractivity (Wildman–Crippen MR) is 85.8 cm³/mol. The highest BCUT2D eigenvalue weighted by Crippen LogP contribution is 2.26. The average molecular weight is 326 g/mol. The summed E-state index contributed by atoms with van der Waals surface area (Å²) in [6.07, 6.45) is 1.37.